The third-order valence-electron chi connectivity index (χ3n) is 4.62. The lowest BCUT2D eigenvalue weighted by molar-refractivity contribution is -0.125. The van der Waals surface area contributed by atoms with Crippen LogP contribution in [0.15, 0.2) is 0 Å². The second-order valence-corrected chi connectivity index (χ2v) is 6.09. The van der Waals surface area contributed by atoms with Crippen molar-refractivity contribution in [1.82, 2.24) is 10.2 Å². The summed E-state index contributed by atoms with van der Waals surface area (Å²) in [6.45, 7) is 2.66. The molecule has 1 aliphatic heterocycles. The molecule has 0 amide bonds. The van der Waals surface area contributed by atoms with Gasteiger partial charge in [-0.3, -0.25) is 4.90 Å². The lowest BCUT2D eigenvalue weighted by Crippen LogP contribution is -2.46. The predicted octanol–water partition coefficient (Wildman–Crippen LogP) is 3.18. The van der Waals surface area contributed by atoms with E-state index in [0.717, 1.165) is 12.5 Å². The number of nitrogens with one attached hydrogen (secondary N) is 1. The molecule has 2 atom stereocenters. The number of nitrogens with zero attached hydrogens (tertiary/aromatic N) is 1. The summed E-state index contributed by atoms with van der Waals surface area (Å²) in [7, 11) is 0. The van der Waals surface area contributed by atoms with Crippen molar-refractivity contribution in [3.63, 3.8) is 0 Å². The maximum atomic E-state index is 12.1. The van der Waals surface area contributed by atoms with Gasteiger partial charge >= 0.3 is 6.18 Å². The first-order chi connectivity index (χ1) is 8.97. The first-order valence-electron chi connectivity index (χ1n) is 7.50. The van der Waals surface area contributed by atoms with Gasteiger partial charge in [0.05, 0.1) is 6.54 Å². The van der Waals surface area contributed by atoms with E-state index < -0.39 is 12.7 Å². The zero-order chi connectivity index (χ0) is 13.9. The number of rotatable bonds is 5. The van der Waals surface area contributed by atoms with Gasteiger partial charge in [-0.05, 0) is 45.1 Å². The average Bonchev–Trinajstić information content (AvgIpc) is 2.97. The van der Waals surface area contributed by atoms with Gasteiger partial charge in [0.1, 0.15) is 0 Å². The van der Waals surface area contributed by atoms with Gasteiger partial charge < -0.3 is 5.32 Å². The van der Waals surface area contributed by atoms with Crippen LogP contribution in [0.2, 0.25) is 0 Å². The summed E-state index contributed by atoms with van der Waals surface area (Å²) in [5.41, 5.74) is 0. The van der Waals surface area contributed by atoms with E-state index in [9.17, 15) is 13.2 Å². The Bertz CT molecular complexity index is 274. The molecule has 0 radical (unpaired) electrons. The van der Waals surface area contributed by atoms with Crippen LogP contribution in [0.5, 0.6) is 0 Å². The van der Waals surface area contributed by atoms with Gasteiger partial charge in [-0.1, -0.05) is 12.8 Å². The van der Waals surface area contributed by atoms with Crippen LogP contribution >= 0.6 is 0 Å². The lowest BCUT2D eigenvalue weighted by atomic mass is 9.95. The predicted molar refractivity (Wildman–Crippen MR) is 70.1 cm³/mol. The summed E-state index contributed by atoms with van der Waals surface area (Å²) in [6.07, 6.45) is 3.60. The molecule has 0 aromatic rings. The summed E-state index contributed by atoms with van der Waals surface area (Å²) in [6, 6.07) is 0.820. The molecule has 0 spiro atoms. The Kier molecular flexibility index (Phi) is 5.12. The Hall–Kier alpha value is -0.290. The van der Waals surface area contributed by atoms with Gasteiger partial charge in [0.15, 0.2) is 0 Å². The Labute approximate surface area is 113 Å². The Morgan fingerprint density at radius 3 is 2.47 bits per heavy atom. The summed E-state index contributed by atoms with van der Waals surface area (Å²) in [5, 5.41) is 2.55. The fourth-order valence-corrected chi connectivity index (χ4v) is 3.75. The van der Waals surface area contributed by atoms with E-state index in [2.05, 4.69) is 17.1 Å². The molecule has 0 aromatic carbocycles. The van der Waals surface area contributed by atoms with Gasteiger partial charge in [0.25, 0.3) is 0 Å². The molecular weight excluding hydrogens is 253 g/mol. The van der Waals surface area contributed by atoms with Gasteiger partial charge in [-0.25, -0.2) is 0 Å². The van der Waals surface area contributed by atoms with Crippen LogP contribution in [0.4, 0.5) is 13.2 Å². The molecule has 2 fully saturated rings. The highest BCUT2D eigenvalue weighted by molar-refractivity contribution is 4.90. The van der Waals surface area contributed by atoms with E-state index in [1.165, 1.54) is 38.5 Å². The molecule has 1 heterocycles. The monoisotopic (exact) mass is 278 g/mol. The minimum atomic E-state index is -4.10. The zero-order valence-electron chi connectivity index (χ0n) is 11.7. The molecular formula is C14H25F3N2. The molecule has 1 saturated heterocycles. The van der Waals surface area contributed by atoms with Crippen molar-refractivity contribution < 1.29 is 13.2 Å². The second kappa shape index (κ2) is 6.44. The molecule has 0 aromatic heterocycles. The highest BCUT2D eigenvalue weighted by atomic mass is 19.4. The number of hydrogen-bond donors (Lipinski definition) is 1. The Morgan fingerprint density at radius 1 is 1.16 bits per heavy atom. The highest BCUT2D eigenvalue weighted by Gasteiger charge is 2.35. The van der Waals surface area contributed by atoms with Gasteiger partial charge in [-0.15, -0.1) is 0 Å². The van der Waals surface area contributed by atoms with Gasteiger partial charge in [0, 0.05) is 18.6 Å². The molecule has 112 valence electrons. The van der Waals surface area contributed by atoms with Crippen LogP contribution in [0.25, 0.3) is 0 Å². The molecule has 5 heteroatoms. The standard InChI is InChI=1S/C14H25F3N2/c1-11(9-18-10-14(15,16)17)19-8-4-7-13(19)12-5-2-3-6-12/h11-13,18H,2-10H2,1H3. The van der Waals surface area contributed by atoms with E-state index in [1.807, 2.05) is 0 Å². The van der Waals surface area contributed by atoms with E-state index in [0.29, 0.717) is 12.6 Å². The van der Waals surface area contributed by atoms with Crippen molar-refractivity contribution in [3.05, 3.63) is 0 Å². The third-order valence-corrected chi connectivity index (χ3v) is 4.62. The highest BCUT2D eigenvalue weighted by Crippen LogP contribution is 2.36. The van der Waals surface area contributed by atoms with E-state index in [4.69, 9.17) is 0 Å². The molecule has 2 aliphatic rings. The summed E-state index contributed by atoms with van der Waals surface area (Å²) >= 11 is 0. The molecule has 2 unspecified atom stereocenters. The minimum absolute atomic E-state index is 0.204. The smallest absolute Gasteiger partial charge is 0.307 e. The van der Waals surface area contributed by atoms with E-state index in [-0.39, 0.29) is 6.04 Å². The molecule has 1 aliphatic carbocycles. The number of hydrogen-bond acceptors (Lipinski definition) is 2. The van der Waals surface area contributed by atoms with Crippen LogP contribution < -0.4 is 5.32 Å². The fraction of sp³-hybridized carbons (Fsp3) is 1.00. The molecule has 2 nitrogen and oxygen atoms in total. The van der Waals surface area contributed by atoms with Crippen LogP contribution in [0.3, 0.4) is 0 Å². The van der Waals surface area contributed by atoms with Crippen molar-refractivity contribution in [2.45, 2.75) is 63.7 Å². The topological polar surface area (TPSA) is 15.3 Å². The number of halogens is 3. The second-order valence-electron chi connectivity index (χ2n) is 6.09. The van der Waals surface area contributed by atoms with E-state index in [1.54, 1.807) is 0 Å². The zero-order valence-corrected chi connectivity index (χ0v) is 11.7. The van der Waals surface area contributed by atoms with Crippen molar-refractivity contribution in [1.29, 1.82) is 0 Å². The third kappa shape index (κ3) is 4.35. The molecule has 19 heavy (non-hydrogen) atoms. The SMILES string of the molecule is CC(CNCC(F)(F)F)N1CCCC1C1CCCC1. The Balaban J connectivity index is 1.78. The van der Waals surface area contributed by atoms with Crippen LogP contribution in [-0.2, 0) is 0 Å². The van der Waals surface area contributed by atoms with Crippen molar-refractivity contribution in [2.24, 2.45) is 5.92 Å². The largest absolute Gasteiger partial charge is 0.401 e. The lowest BCUT2D eigenvalue weighted by Gasteiger charge is -2.34. The molecule has 0 bridgehead atoms. The first-order valence-corrected chi connectivity index (χ1v) is 7.50. The van der Waals surface area contributed by atoms with Crippen molar-refractivity contribution >= 4 is 0 Å². The summed E-state index contributed by atoms with van der Waals surface area (Å²) in [5.74, 6) is 0.785. The normalized spacial score (nSPS) is 28.1. The van der Waals surface area contributed by atoms with Crippen LogP contribution in [-0.4, -0.2) is 42.8 Å². The Morgan fingerprint density at radius 2 is 1.84 bits per heavy atom. The average molecular weight is 278 g/mol. The summed E-state index contributed by atoms with van der Waals surface area (Å²) in [4.78, 5) is 2.44. The number of alkyl halides is 3. The van der Waals surface area contributed by atoms with Crippen molar-refractivity contribution in [2.75, 3.05) is 19.6 Å². The van der Waals surface area contributed by atoms with Gasteiger partial charge in [0.2, 0.25) is 0 Å². The quantitative estimate of drug-likeness (QED) is 0.831. The molecule has 1 saturated carbocycles. The van der Waals surface area contributed by atoms with E-state index >= 15 is 0 Å². The summed E-state index contributed by atoms with van der Waals surface area (Å²) < 4.78 is 36.4. The van der Waals surface area contributed by atoms with Crippen LogP contribution in [0.1, 0.15) is 45.4 Å². The maximum absolute atomic E-state index is 12.1. The minimum Gasteiger partial charge on any atom is -0.307 e. The first kappa shape index (κ1) is 15.1. The molecule has 2 rings (SSSR count). The number of likely N-dealkylation sites (tertiary alicyclic amines) is 1. The molecule has 1 N–H and O–H groups in total. The van der Waals surface area contributed by atoms with Crippen LogP contribution in [0, 0.1) is 5.92 Å². The maximum Gasteiger partial charge on any atom is 0.401 e. The van der Waals surface area contributed by atoms with Gasteiger partial charge in [-0.2, -0.15) is 13.2 Å². The van der Waals surface area contributed by atoms with Crippen molar-refractivity contribution in [3.8, 4) is 0 Å². The fourth-order valence-electron chi connectivity index (χ4n) is 3.75.